The molecule has 0 aromatic heterocycles. The number of carbonyl (C=O) groups is 2. The third-order valence-corrected chi connectivity index (χ3v) is 5.85. The Labute approximate surface area is 135 Å². The highest BCUT2D eigenvalue weighted by Gasteiger charge is 2.45. The number of amides is 1. The lowest BCUT2D eigenvalue weighted by atomic mass is 9.66. The summed E-state index contributed by atoms with van der Waals surface area (Å²) < 4.78 is 26.1. The fourth-order valence-electron chi connectivity index (χ4n) is 2.66. The summed E-state index contributed by atoms with van der Waals surface area (Å²) in [4.78, 5) is 23.5. The zero-order chi connectivity index (χ0) is 17.3. The highest BCUT2D eigenvalue weighted by Crippen LogP contribution is 2.44. The van der Waals surface area contributed by atoms with Crippen molar-refractivity contribution in [2.24, 2.45) is 5.41 Å². The molecular formula is C15H20N2O5S. The number of sulfonamides is 1. The monoisotopic (exact) mass is 340 g/mol. The molecule has 1 aliphatic carbocycles. The van der Waals surface area contributed by atoms with Gasteiger partial charge >= 0.3 is 5.97 Å². The standard InChI is InChI=1S/C15H20N2O5S/c1-10-4-5-11(8-12(10)23(21,22)16-2)17-13(18)9-15(14(19)20)6-3-7-15/h4-5,8,16H,3,6-7,9H2,1-2H3,(H,17,18)(H,19,20). The van der Waals surface area contributed by atoms with E-state index in [-0.39, 0.29) is 11.3 Å². The Hall–Kier alpha value is -1.93. The molecule has 0 radical (unpaired) electrons. The average molecular weight is 340 g/mol. The maximum Gasteiger partial charge on any atom is 0.310 e. The number of carboxylic acid groups (broad SMARTS) is 1. The van der Waals surface area contributed by atoms with Gasteiger partial charge in [-0.2, -0.15) is 0 Å². The third kappa shape index (κ3) is 3.53. The molecule has 8 heteroatoms. The average Bonchev–Trinajstić information content (AvgIpc) is 2.44. The number of hydrogen-bond donors (Lipinski definition) is 3. The molecule has 1 amide bonds. The summed E-state index contributed by atoms with van der Waals surface area (Å²) in [5.41, 5.74) is -0.0954. The lowest BCUT2D eigenvalue weighted by Gasteiger charge is -2.36. The Bertz CT molecular complexity index is 738. The summed E-state index contributed by atoms with van der Waals surface area (Å²) in [6, 6.07) is 4.56. The molecule has 2 rings (SSSR count). The minimum Gasteiger partial charge on any atom is -0.481 e. The van der Waals surface area contributed by atoms with Crippen LogP contribution >= 0.6 is 0 Å². The second-order valence-electron chi connectivity index (χ2n) is 5.85. The van der Waals surface area contributed by atoms with Crippen LogP contribution in [-0.2, 0) is 19.6 Å². The SMILES string of the molecule is CNS(=O)(=O)c1cc(NC(=O)CC2(C(=O)O)CCC2)ccc1C. The number of carbonyl (C=O) groups excluding carboxylic acids is 1. The van der Waals surface area contributed by atoms with E-state index in [0.29, 0.717) is 24.1 Å². The number of rotatable bonds is 6. The van der Waals surface area contributed by atoms with Crippen molar-refractivity contribution in [1.29, 1.82) is 0 Å². The Balaban J connectivity index is 2.16. The van der Waals surface area contributed by atoms with Crippen molar-refractivity contribution in [2.75, 3.05) is 12.4 Å². The first kappa shape index (κ1) is 17.4. The predicted molar refractivity (Wildman–Crippen MR) is 84.6 cm³/mol. The van der Waals surface area contributed by atoms with Gasteiger partial charge in [0.2, 0.25) is 15.9 Å². The first-order valence-corrected chi connectivity index (χ1v) is 8.76. The Morgan fingerprint density at radius 1 is 1.30 bits per heavy atom. The van der Waals surface area contributed by atoms with E-state index < -0.39 is 27.3 Å². The zero-order valence-corrected chi connectivity index (χ0v) is 13.9. The van der Waals surface area contributed by atoms with E-state index in [4.69, 9.17) is 0 Å². The zero-order valence-electron chi connectivity index (χ0n) is 13.0. The van der Waals surface area contributed by atoms with Gasteiger partial charge in [0.15, 0.2) is 0 Å². The van der Waals surface area contributed by atoms with E-state index in [2.05, 4.69) is 10.0 Å². The number of carboxylic acids is 1. The summed E-state index contributed by atoms with van der Waals surface area (Å²) >= 11 is 0. The quantitative estimate of drug-likeness (QED) is 0.726. The third-order valence-electron chi connectivity index (χ3n) is 4.29. The van der Waals surface area contributed by atoms with Gasteiger partial charge in [0, 0.05) is 12.1 Å². The van der Waals surface area contributed by atoms with E-state index >= 15 is 0 Å². The molecule has 0 spiro atoms. The smallest absolute Gasteiger partial charge is 0.310 e. The Morgan fingerprint density at radius 2 is 1.96 bits per heavy atom. The normalized spacial score (nSPS) is 16.4. The second-order valence-corrected chi connectivity index (χ2v) is 7.71. The molecule has 0 bridgehead atoms. The van der Waals surface area contributed by atoms with Gasteiger partial charge in [-0.1, -0.05) is 12.5 Å². The van der Waals surface area contributed by atoms with Gasteiger partial charge in [-0.3, -0.25) is 9.59 Å². The molecule has 1 fully saturated rings. The van der Waals surface area contributed by atoms with Crippen LogP contribution in [0.1, 0.15) is 31.2 Å². The molecule has 0 heterocycles. The predicted octanol–water partition coefficient (Wildman–Crippen LogP) is 1.49. The highest BCUT2D eigenvalue weighted by molar-refractivity contribution is 7.89. The minimum absolute atomic E-state index is 0.0781. The highest BCUT2D eigenvalue weighted by atomic mass is 32.2. The summed E-state index contributed by atoms with van der Waals surface area (Å²) in [5, 5.41) is 11.8. The molecular weight excluding hydrogens is 320 g/mol. The van der Waals surface area contributed by atoms with Gasteiger partial charge in [0.1, 0.15) is 0 Å². The van der Waals surface area contributed by atoms with Crippen molar-refractivity contribution in [1.82, 2.24) is 4.72 Å². The van der Waals surface area contributed by atoms with Crippen LogP contribution in [-0.4, -0.2) is 32.4 Å². The summed E-state index contributed by atoms with van der Waals surface area (Å²) in [6.07, 6.45) is 1.67. The van der Waals surface area contributed by atoms with Crippen LogP contribution in [0.2, 0.25) is 0 Å². The van der Waals surface area contributed by atoms with E-state index in [1.54, 1.807) is 19.1 Å². The van der Waals surface area contributed by atoms with E-state index in [0.717, 1.165) is 6.42 Å². The fraction of sp³-hybridized carbons (Fsp3) is 0.467. The van der Waals surface area contributed by atoms with Crippen LogP contribution in [0.3, 0.4) is 0 Å². The van der Waals surface area contributed by atoms with Crippen LogP contribution in [0.4, 0.5) is 5.69 Å². The number of aliphatic carboxylic acids is 1. The van der Waals surface area contributed by atoms with Gasteiger partial charge in [-0.05, 0) is 44.5 Å². The lowest BCUT2D eigenvalue weighted by Crippen LogP contribution is -2.41. The fourth-order valence-corrected chi connectivity index (χ4v) is 3.65. The van der Waals surface area contributed by atoms with Crippen molar-refractivity contribution in [3.63, 3.8) is 0 Å². The van der Waals surface area contributed by atoms with E-state index in [9.17, 15) is 23.1 Å². The first-order valence-electron chi connectivity index (χ1n) is 7.28. The van der Waals surface area contributed by atoms with Crippen molar-refractivity contribution < 1.29 is 23.1 Å². The molecule has 1 aliphatic rings. The second kappa shape index (κ2) is 6.29. The molecule has 23 heavy (non-hydrogen) atoms. The number of anilines is 1. The maximum absolute atomic E-state index is 12.1. The van der Waals surface area contributed by atoms with Gasteiger partial charge in [-0.25, -0.2) is 13.1 Å². The van der Waals surface area contributed by atoms with Crippen LogP contribution in [0.25, 0.3) is 0 Å². The van der Waals surface area contributed by atoms with Crippen molar-refractivity contribution in [3.05, 3.63) is 23.8 Å². The molecule has 0 unspecified atom stereocenters. The molecule has 0 atom stereocenters. The molecule has 1 aromatic rings. The number of benzene rings is 1. The van der Waals surface area contributed by atoms with Crippen LogP contribution in [0.15, 0.2) is 23.1 Å². The number of nitrogens with one attached hydrogen (secondary N) is 2. The van der Waals surface area contributed by atoms with E-state index in [1.165, 1.54) is 13.1 Å². The van der Waals surface area contributed by atoms with Crippen molar-refractivity contribution in [2.45, 2.75) is 37.5 Å². The molecule has 3 N–H and O–H groups in total. The number of hydrogen-bond acceptors (Lipinski definition) is 4. The van der Waals surface area contributed by atoms with Crippen molar-refractivity contribution >= 4 is 27.6 Å². The molecule has 0 saturated heterocycles. The Kier molecular flexibility index (Phi) is 4.76. The Morgan fingerprint density at radius 3 is 2.43 bits per heavy atom. The topological polar surface area (TPSA) is 113 Å². The summed E-state index contributed by atoms with van der Waals surface area (Å²) in [6.45, 7) is 1.66. The van der Waals surface area contributed by atoms with Gasteiger partial charge in [0.25, 0.3) is 0 Å². The number of aryl methyl sites for hydroxylation is 1. The largest absolute Gasteiger partial charge is 0.481 e. The summed E-state index contributed by atoms with van der Waals surface area (Å²) in [7, 11) is -2.31. The lowest BCUT2D eigenvalue weighted by molar-refractivity contribution is -0.157. The van der Waals surface area contributed by atoms with Crippen molar-refractivity contribution in [3.8, 4) is 0 Å². The molecule has 126 valence electrons. The van der Waals surface area contributed by atoms with Gasteiger partial charge in [-0.15, -0.1) is 0 Å². The molecule has 0 aliphatic heterocycles. The summed E-state index contributed by atoms with van der Waals surface area (Å²) in [5.74, 6) is -1.38. The van der Waals surface area contributed by atoms with Crippen LogP contribution < -0.4 is 10.0 Å². The minimum atomic E-state index is -3.62. The molecule has 7 nitrogen and oxygen atoms in total. The molecule has 1 saturated carbocycles. The maximum atomic E-state index is 12.1. The molecule has 1 aromatic carbocycles. The van der Waals surface area contributed by atoms with Gasteiger partial charge in [0.05, 0.1) is 10.3 Å². The van der Waals surface area contributed by atoms with E-state index in [1.807, 2.05) is 0 Å². The van der Waals surface area contributed by atoms with Gasteiger partial charge < -0.3 is 10.4 Å². The van der Waals surface area contributed by atoms with Crippen LogP contribution in [0.5, 0.6) is 0 Å². The first-order chi connectivity index (χ1) is 10.7. The van der Waals surface area contributed by atoms with Crippen LogP contribution in [0, 0.1) is 12.3 Å².